The number of nitrogens with zero attached hydrogens (tertiary/aromatic N) is 4. The number of hydrogen-bond acceptors (Lipinski definition) is 6. The summed E-state index contributed by atoms with van der Waals surface area (Å²) in [6.45, 7) is 2.92. The van der Waals surface area contributed by atoms with Crippen molar-refractivity contribution in [1.82, 2.24) is 14.5 Å². The first-order valence-electron chi connectivity index (χ1n) is 9.43. The summed E-state index contributed by atoms with van der Waals surface area (Å²) in [6, 6.07) is 10.8. The standard InChI is InChI=1S/C21H21ClN4O3S/c1-13-10-14(22)11-17-19(13)23-20(30-17)25(9-8-24(2)3)18(27)12-26-15-6-4-5-7-16(15)29-21(26)28/h4-7,10-11H,8-9,12H2,1-3H3. The second-order valence-electron chi connectivity index (χ2n) is 7.34. The van der Waals surface area contributed by atoms with E-state index in [9.17, 15) is 9.59 Å². The fourth-order valence-corrected chi connectivity index (χ4v) is 4.73. The van der Waals surface area contributed by atoms with Crippen LogP contribution < -0.4 is 10.7 Å². The topological polar surface area (TPSA) is 71.6 Å². The van der Waals surface area contributed by atoms with Gasteiger partial charge in [-0.1, -0.05) is 35.1 Å². The van der Waals surface area contributed by atoms with Crippen LogP contribution >= 0.6 is 22.9 Å². The molecule has 1 amide bonds. The largest absolute Gasteiger partial charge is 0.420 e. The predicted octanol–water partition coefficient (Wildman–Crippen LogP) is 3.76. The first kappa shape index (κ1) is 20.6. The minimum Gasteiger partial charge on any atom is -0.408 e. The fraction of sp³-hybridized carbons (Fsp3) is 0.286. The van der Waals surface area contributed by atoms with E-state index in [1.165, 1.54) is 15.9 Å². The highest BCUT2D eigenvalue weighted by Crippen LogP contribution is 2.33. The number of rotatable bonds is 6. The molecular weight excluding hydrogens is 424 g/mol. The fourth-order valence-electron chi connectivity index (χ4n) is 3.27. The molecule has 4 rings (SSSR count). The normalized spacial score (nSPS) is 11.6. The Morgan fingerprint density at radius 3 is 2.77 bits per heavy atom. The Morgan fingerprint density at radius 1 is 1.23 bits per heavy atom. The van der Waals surface area contributed by atoms with Crippen LogP contribution in [-0.2, 0) is 11.3 Å². The van der Waals surface area contributed by atoms with Gasteiger partial charge in [0.1, 0.15) is 6.54 Å². The highest BCUT2D eigenvalue weighted by Gasteiger charge is 2.23. The van der Waals surface area contributed by atoms with Crippen molar-refractivity contribution in [3.05, 3.63) is 57.5 Å². The highest BCUT2D eigenvalue weighted by atomic mass is 35.5. The Kier molecular flexibility index (Phi) is 5.64. The van der Waals surface area contributed by atoms with Crippen molar-refractivity contribution in [3.63, 3.8) is 0 Å². The van der Waals surface area contributed by atoms with E-state index in [1.54, 1.807) is 23.1 Å². The smallest absolute Gasteiger partial charge is 0.408 e. The number of likely N-dealkylation sites (N-methyl/N-ethyl adjacent to an activating group) is 1. The third-order valence-corrected chi connectivity index (χ3v) is 6.05. The van der Waals surface area contributed by atoms with Crippen molar-refractivity contribution < 1.29 is 9.21 Å². The third-order valence-electron chi connectivity index (χ3n) is 4.81. The molecule has 0 fully saturated rings. The number of oxazole rings is 1. The lowest BCUT2D eigenvalue weighted by atomic mass is 10.2. The maximum Gasteiger partial charge on any atom is 0.420 e. The van der Waals surface area contributed by atoms with Crippen molar-refractivity contribution in [2.75, 3.05) is 32.1 Å². The molecular formula is C21H21ClN4O3S. The Hall–Kier alpha value is -2.68. The maximum absolute atomic E-state index is 13.3. The SMILES string of the molecule is Cc1cc(Cl)cc2sc(N(CCN(C)C)C(=O)Cn3c(=O)oc4ccccc43)nc12. The maximum atomic E-state index is 13.3. The molecule has 0 spiro atoms. The van der Waals surface area contributed by atoms with Gasteiger partial charge in [-0.3, -0.25) is 14.3 Å². The van der Waals surface area contributed by atoms with E-state index in [0.29, 0.717) is 34.3 Å². The van der Waals surface area contributed by atoms with E-state index >= 15 is 0 Å². The van der Waals surface area contributed by atoms with Crippen molar-refractivity contribution >= 4 is 55.3 Å². The van der Waals surface area contributed by atoms with Crippen LogP contribution in [0, 0.1) is 6.92 Å². The number of halogens is 1. The van der Waals surface area contributed by atoms with E-state index in [1.807, 2.05) is 44.1 Å². The van der Waals surface area contributed by atoms with Crippen molar-refractivity contribution in [1.29, 1.82) is 0 Å². The zero-order chi connectivity index (χ0) is 21.4. The number of hydrogen-bond donors (Lipinski definition) is 0. The van der Waals surface area contributed by atoms with E-state index in [4.69, 9.17) is 21.0 Å². The van der Waals surface area contributed by atoms with Crippen molar-refractivity contribution in [3.8, 4) is 0 Å². The molecule has 0 N–H and O–H groups in total. The van der Waals surface area contributed by atoms with Gasteiger partial charge in [-0.05, 0) is 50.8 Å². The van der Waals surface area contributed by atoms with Gasteiger partial charge >= 0.3 is 5.76 Å². The van der Waals surface area contributed by atoms with Crippen LogP contribution in [-0.4, -0.2) is 47.5 Å². The third kappa shape index (κ3) is 3.98. The first-order chi connectivity index (χ1) is 14.3. The van der Waals surface area contributed by atoms with Gasteiger partial charge in [0.2, 0.25) is 5.91 Å². The van der Waals surface area contributed by atoms with Gasteiger partial charge in [0.15, 0.2) is 10.7 Å². The number of anilines is 1. The van der Waals surface area contributed by atoms with Gasteiger partial charge in [-0.15, -0.1) is 0 Å². The molecule has 0 aliphatic carbocycles. The molecule has 0 radical (unpaired) electrons. The molecule has 0 aliphatic heterocycles. The molecule has 30 heavy (non-hydrogen) atoms. The van der Waals surface area contributed by atoms with Gasteiger partial charge in [-0.2, -0.15) is 0 Å². The van der Waals surface area contributed by atoms with Crippen LogP contribution in [0.3, 0.4) is 0 Å². The summed E-state index contributed by atoms with van der Waals surface area (Å²) < 4.78 is 7.54. The van der Waals surface area contributed by atoms with E-state index in [2.05, 4.69) is 0 Å². The second kappa shape index (κ2) is 8.22. The van der Waals surface area contributed by atoms with Crippen LogP contribution in [0.4, 0.5) is 5.13 Å². The van der Waals surface area contributed by atoms with E-state index < -0.39 is 5.76 Å². The van der Waals surface area contributed by atoms with Crippen LogP contribution in [0.15, 0.2) is 45.6 Å². The molecule has 7 nitrogen and oxygen atoms in total. The number of aromatic nitrogens is 2. The number of carbonyl (C=O) groups is 1. The van der Waals surface area contributed by atoms with Crippen LogP contribution in [0.2, 0.25) is 5.02 Å². The molecule has 9 heteroatoms. The number of thiazole rings is 1. The zero-order valence-corrected chi connectivity index (χ0v) is 18.5. The average molecular weight is 445 g/mol. The molecule has 4 aromatic rings. The Bertz CT molecular complexity index is 1290. The second-order valence-corrected chi connectivity index (χ2v) is 8.78. The molecule has 2 aromatic heterocycles. The number of fused-ring (bicyclic) bond motifs is 2. The summed E-state index contributed by atoms with van der Waals surface area (Å²) >= 11 is 7.60. The predicted molar refractivity (Wildman–Crippen MR) is 121 cm³/mol. The number of carbonyl (C=O) groups excluding carboxylic acids is 1. The number of amides is 1. The molecule has 0 unspecified atom stereocenters. The van der Waals surface area contributed by atoms with Crippen LogP contribution in [0.25, 0.3) is 21.3 Å². The molecule has 156 valence electrons. The monoisotopic (exact) mass is 444 g/mol. The lowest BCUT2D eigenvalue weighted by Gasteiger charge is -2.22. The summed E-state index contributed by atoms with van der Waals surface area (Å²) in [4.78, 5) is 33.9. The summed E-state index contributed by atoms with van der Waals surface area (Å²) in [5, 5.41) is 1.22. The molecule has 2 aromatic carbocycles. The van der Waals surface area contributed by atoms with E-state index in [0.717, 1.165) is 15.8 Å². The van der Waals surface area contributed by atoms with Gasteiger partial charge in [0.05, 0.1) is 15.7 Å². The minimum absolute atomic E-state index is 0.126. The quantitative estimate of drug-likeness (QED) is 0.452. The van der Waals surface area contributed by atoms with Gasteiger partial charge in [0, 0.05) is 18.1 Å². The van der Waals surface area contributed by atoms with E-state index in [-0.39, 0.29) is 12.5 Å². The lowest BCUT2D eigenvalue weighted by Crippen LogP contribution is -2.39. The molecule has 2 heterocycles. The summed E-state index contributed by atoms with van der Waals surface area (Å²) in [5.41, 5.74) is 2.83. The molecule has 0 aliphatic rings. The van der Waals surface area contributed by atoms with Gasteiger partial charge in [0.25, 0.3) is 0 Å². The molecule has 0 atom stereocenters. The summed E-state index contributed by atoms with van der Waals surface area (Å²) in [7, 11) is 3.89. The Morgan fingerprint density at radius 2 is 2.00 bits per heavy atom. The molecule has 0 bridgehead atoms. The lowest BCUT2D eigenvalue weighted by molar-refractivity contribution is -0.119. The highest BCUT2D eigenvalue weighted by molar-refractivity contribution is 7.22. The van der Waals surface area contributed by atoms with Crippen LogP contribution in [0.5, 0.6) is 0 Å². The van der Waals surface area contributed by atoms with Crippen molar-refractivity contribution in [2.24, 2.45) is 0 Å². The van der Waals surface area contributed by atoms with Crippen LogP contribution in [0.1, 0.15) is 5.56 Å². The summed E-state index contributed by atoms with van der Waals surface area (Å²) in [6.07, 6.45) is 0. The first-order valence-corrected chi connectivity index (χ1v) is 10.6. The van der Waals surface area contributed by atoms with Gasteiger partial charge < -0.3 is 9.32 Å². The molecule has 0 saturated heterocycles. The zero-order valence-electron chi connectivity index (χ0n) is 16.9. The molecule has 0 saturated carbocycles. The minimum atomic E-state index is -0.552. The Labute approximate surface area is 182 Å². The average Bonchev–Trinajstić information content (AvgIpc) is 3.23. The number of benzene rings is 2. The number of para-hydroxylation sites is 2. The number of aryl methyl sites for hydroxylation is 1. The summed E-state index contributed by atoms with van der Waals surface area (Å²) in [5.74, 6) is -0.780. The Balaban J connectivity index is 1.71. The van der Waals surface area contributed by atoms with Gasteiger partial charge in [-0.25, -0.2) is 9.78 Å². The van der Waals surface area contributed by atoms with Crippen molar-refractivity contribution in [2.45, 2.75) is 13.5 Å².